The minimum absolute atomic E-state index is 0.134. The van der Waals surface area contributed by atoms with Gasteiger partial charge in [0.05, 0.1) is 12.1 Å². The number of rotatable bonds is 3. The van der Waals surface area contributed by atoms with Crippen LogP contribution in [0.15, 0.2) is 12.1 Å². The van der Waals surface area contributed by atoms with E-state index in [2.05, 4.69) is 24.1 Å². The van der Waals surface area contributed by atoms with Crippen molar-refractivity contribution in [3.63, 3.8) is 0 Å². The van der Waals surface area contributed by atoms with E-state index >= 15 is 0 Å². The molecule has 0 radical (unpaired) electrons. The molecule has 1 aromatic rings. The maximum atomic E-state index is 12.1. The Morgan fingerprint density at radius 3 is 2.38 bits per heavy atom. The third-order valence-electron chi connectivity index (χ3n) is 4.87. The van der Waals surface area contributed by atoms with Gasteiger partial charge in [0.15, 0.2) is 0 Å². The number of alkyl carbamates (subject to hydrolysis) is 1. The molecule has 0 bridgehead atoms. The van der Waals surface area contributed by atoms with Crippen LogP contribution < -0.4 is 10.1 Å². The summed E-state index contributed by atoms with van der Waals surface area (Å²) in [5, 5.41) is 3.52. The van der Waals surface area contributed by atoms with Gasteiger partial charge >= 0.3 is 6.09 Å². The van der Waals surface area contributed by atoms with Crippen LogP contribution in [0.5, 0.6) is 5.75 Å². The summed E-state index contributed by atoms with van der Waals surface area (Å²) < 4.78 is 10.7. The number of carbonyl (C=O) groups excluding carboxylic acids is 1. The summed E-state index contributed by atoms with van der Waals surface area (Å²) in [6, 6.07) is 3.87. The van der Waals surface area contributed by atoms with Gasteiger partial charge in [0.2, 0.25) is 0 Å². The van der Waals surface area contributed by atoms with Gasteiger partial charge in [-0.25, -0.2) is 4.79 Å². The summed E-state index contributed by atoms with van der Waals surface area (Å²) in [4.78, 5) is 12.1. The Bertz CT molecular complexity index is 790. The van der Waals surface area contributed by atoms with Crippen molar-refractivity contribution in [2.75, 3.05) is 7.11 Å². The highest BCUT2D eigenvalue weighted by molar-refractivity contribution is 6.32. The highest BCUT2D eigenvalue weighted by Crippen LogP contribution is 2.50. The SMILES string of the molecule is COc1cc(C#CC2(NC(=O)OC(C)(C)C)CC2)c(C2(C)CC2)cc1Cl. The summed E-state index contributed by atoms with van der Waals surface area (Å²) in [6.07, 6.45) is 3.50. The topological polar surface area (TPSA) is 47.6 Å². The number of halogens is 1. The first-order chi connectivity index (χ1) is 12.1. The molecule has 0 spiro atoms. The van der Waals surface area contributed by atoms with Crippen LogP contribution in [0.2, 0.25) is 5.02 Å². The number of hydrogen-bond donors (Lipinski definition) is 1. The van der Waals surface area contributed by atoms with Gasteiger partial charge in [0.1, 0.15) is 16.9 Å². The lowest BCUT2D eigenvalue weighted by molar-refractivity contribution is 0.0511. The second-order valence-corrected chi connectivity index (χ2v) is 8.96. The zero-order valence-electron chi connectivity index (χ0n) is 16.1. The van der Waals surface area contributed by atoms with Crippen molar-refractivity contribution < 1.29 is 14.3 Å². The minimum Gasteiger partial charge on any atom is -0.495 e. The first kappa shape index (κ1) is 18.9. The fourth-order valence-corrected chi connectivity index (χ4v) is 3.10. The zero-order chi connectivity index (χ0) is 19.2. The maximum Gasteiger partial charge on any atom is 0.408 e. The number of methoxy groups -OCH3 is 1. The lowest BCUT2D eigenvalue weighted by Crippen LogP contribution is -2.39. The van der Waals surface area contributed by atoms with Crippen molar-refractivity contribution in [2.45, 2.75) is 69.9 Å². The molecule has 0 saturated heterocycles. The van der Waals surface area contributed by atoms with Gasteiger partial charge in [-0.2, -0.15) is 0 Å². The molecule has 2 saturated carbocycles. The quantitative estimate of drug-likeness (QED) is 0.771. The van der Waals surface area contributed by atoms with E-state index in [1.165, 1.54) is 0 Å². The second-order valence-electron chi connectivity index (χ2n) is 8.55. The van der Waals surface area contributed by atoms with E-state index in [-0.39, 0.29) is 5.41 Å². The van der Waals surface area contributed by atoms with Crippen molar-refractivity contribution in [1.82, 2.24) is 5.32 Å². The van der Waals surface area contributed by atoms with E-state index in [0.717, 1.165) is 36.8 Å². The van der Waals surface area contributed by atoms with Gasteiger partial charge < -0.3 is 14.8 Å². The van der Waals surface area contributed by atoms with Crippen molar-refractivity contribution in [3.05, 3.63) is 28.3 Å². The Morgan fingerprint density at radius 1 is 1.23 bits per heavy atom. The average Bonchev–Trinajstić information content (AvgIpc) is 3.43. The normalized spacial score (nSPS) is 19.0. The Kier molecular flexibility index (Phi) is 4.65. The Hall–Kier alpha value is -1.86. The van der Waals surface area contributed by atoms with Crippen LogP contribution in [-0.4, -0.2) is 24.3 Å². The molecule has 0 unspecified atom stereocenters. The number of carbonyl (C=O) groups is 1. The Balaban J connectivity index is 1.84. The molecule has 2 aliphatic rings. The van der Waals surface area contributed by atoms with Crippen molar-refractivity contribution in [3.8, 4) is 17.6 Å². The van der Waals surface area contributed by atoms with E-state index in [1.54, 1.807) is 7.11 Å². The van der Waals surface area contributed by atoms with Crippen LogP contribution in [0.3, 0.4) is 0 Å². The molecular weight excluding hydrogens is 350 g/mol. The van der Waals surface area contributed by atoms with Crippen molar-refractivity contribution in [1.29, 1.82) is 0 Å². The molecule has 5 heteroatoms. The third kappa shape index (κ3) is 4.27. The summed E-state index contributed by atoms with van der Waals surface area (Å²) in [5.41, 5.74) is 1.20. The van der Waals surface area contributed by atoms with E-state index in [0.29, 0.717) is 10.8 Å². The summed E-state index contributed by atoms with van der Waals surface area (Å²) in [7, 11) is 1.60. The number of amides is 1. The summed E-state index contributed by atoms with van der Waals surface area (Å²) >= 11 is 6.32. The predicted octanol–water partition coefficient (Wildman–Crippen LogP) is 4.81. The lowest BCUT2D eigenvalue weighted by atomic mass is 9.93. The smallest absolute Gasteiger partial charge is 0.408 e. The van der Waals surface area contributed by atoms with E-state index in [9.17, 15) is 4.79 Å². The first-order valence-electron chi connectivity index (χ1n) is 8.98. The molecule has 26 heavy (non-hydrogen) atoms. The molecule has 1 aromatic carbocycles. The van der Waals surface area contributed by atoms with Crippen LogP contribution in [0.1, 0.15) is 64.5 Å². The van der Waals surface area contributed by atoms with Crippen LogP contribution in [0, 0.1) is 11.8 Å². The fourth-order valence-electron chi connectivity index (χ4n) is 2.86. The van der Waals surface area contributed by atoms with Crippen LogP contribution in [0.25, 0.3) is 0 Å². The fraction of sp³-hybridized carbons (Fsp3) is 0.571. The van der Waals surface area contributed by atoms with Gasteiger partial charge in [0.25, 0.3) is 0 Å². The maximum absolute atomic E-state index is 12.1. The minimum atomic E-state index is -0.523. The molecule has 2 fully saturated rings. The molecule has 4 nitrogen and oxygen atoms in total. The van der Waals surface area contributed by atoms with Crippen molar-refractivity contribution >= 4 is 17.7 Å². The highest BCUT2D eigenvalue weighted by Gasteiger charge is 2.44. The Labute approximate surface area is 160 Å². The average molecular weight is 376 g/mol. The number of nitrogens with one attached hydrogen (secondary N) is 1. The number of ether oxygens (including phenoxy) is 2. The molecule has 0 aliphatic heterocycles. The van der Waals surface area contributed by atoms with Gasteiger partial charge in [-0.05, 0) is 69.6 Å². The first-order valence-corrected chi connectivity index (χ1v) is 9.36. The van der Waals surface area contributed by atoms with Gasteiger partial charge in [0, 0.05) is 5.56 Å². The van der Waals surface area contributed by atoms with Gasteiger partial charge in [-0.15, -0.1) is 0 Å². The van der Waals surface area contributed by atoms with E-state index in [1.807, 2.05) is 32.9 Å². The van der Waals surface area contributed by atoms with E-state index < -0.39 is 17.2 Å². The third-order valence-corrected chi connectivity index (χ3v) is 5.16. The molecule has 0 atom stereocenters. The Morgan fingerprint density at radius 2 is 1.88 bits per heavy atom. The molecule has 3 rings (SSSR count). The lowest BCUT2D eigenvalue weighted by Gasteiger charge is -2.21. The zero-order valence-corrected chi connectivity index (χ0v) is 16.8. The van der Waals surface area contributed by atoms with Crippen molar-refractivity contribution in [2.24, 2.45) is 0 Å². The van der Waals surface area contributed by atoms with Crippen LogP contribution in [-0.2, 0) is 10.2 Å². The van der Waals surface area contributed by atoms with Gasteiger partial charge in [-0.1, -0.05) is 30.4 Å². The molecule has 1 N–H and O–H groups in total. The number of hydrogen-bond acceptors (Lipinski definition) is 3. The van der Waals surface area contributed by atoms with Gasteiger partial charge in [-0.3, -0.25) is 0 Å². The second kappa shape index (κ2) is 6.39. The molecule has 2 aliphatic carbocycles. The van der Waals surface area contributed by atoms with Crippen LogP contribution in [0.4, 0.5) is 4.79 Å². The summed E-state index contributed by atoms with van der Waals surface area (Å²) in [6.45, 7) is 7.77. The van der Waals surface area contributed by atoms with E-state index in [4.69, 9.17) is 21.1 Å². The molecule has 1 amide bonds. The summed E-state index contributed by atoms with van der Waals surface area (Å²) in [5.74, 6) is 7.15. The molecule has 0 heterocycles. The number of benzene rings is 1. The predicted molar refractivity (Wildman–Crippen MR) is 103 cm³/mol. The van der Waals surface area contributed by atoms with Crippen LogP contribution >= 0.6 is 11.6 Å². The molecule has 0 aromatic heterocycles. The molecule has 140 valence electrons. The standard InChI is InChI=1S/C21H26ClNO3/c1-19(2,3)26-18(24)23-21(10-11-21)7-6-14-12-17(25-5)16(22)13-15(14)20(4)8-9-20/h12-13H,8-11H2,1-5H3,(H,23,24). The highest BCUT2D eigenvalue weighted by atomic mass is 35.5. The largest absolute Gasteiger partial charge is 0.495 e. The monoisotopic (exact) mass is 375 g/mol. The molecular formula is C21H26ClNO3.